The lowest BCUT2D eigenvalue weighted by molar-refractivity contribution is -0.133. The van der Waals surface area contributed by atoms with Gasteiger partial charge in [0.1, 0.15) is 11.5 Å². The van der Waals surface area contributed by atoms with Gasteiger partial charge in [0.15, 0.2) is 0 Å². The van der Waals surface area contributed by atoms with E-state index in [0.29, 0.717) is 18.9 Å². The summed E-state index contributed by atoms with van der Waals surface area (Å²) >= 11 is 0. The zero-order chi connectivity index (χ0) is 23.2. The fourth-order valence-corrected chi connectivity index (χ4v) is 5.58. The number of hydrogen-bond donors (Lipinski definition) is 1. The number of amides is 1. The van der Waals surface area contributed by atoms with Crippen molar-refractivity contribution in [1.29, 1.82) is 0 Å². The number of nitrogens with one attached hydrogen (secondary N) is 1. The van der Waals surface area contributed by atoms with Crippen molar-refractivity contribution < 1.29 is 4.79 Å². The van der Waals surface area contributed by atoms with Gasteiger partial charge in [0, 0.05) is 61.8 Å². The zero-order valence-corrected chi connectivity index (χ0v) is 19.7. The number of benzene rings is 1. The van der Waals surface area contributed by atoms with Crippen LogP contribution < -0.4 is 0 Å². The van der Waals surface area contributed by atoms with E-state index in [-0.39, 0.29) is 11.9 Å². The maximum absolute atomic E-state index is 13.4. The summed E-state index contributed by atoms with van der Waals surface area (Å²) in [5.41, 5.74) is 4.22. The van der Waals surface area contributed by atoms with Gasteiger partial charge in [-0.3, -0.25) is 4.79 Å². The highest BCUT2D eigenvalue weighted by Gasteiger charge is 2.31. The molecule has 1 fully saturated rings. The lowest BCUT2D eigenvalue weighted by Crippen LogP contribution is -2.44. The Morgan fingerprint density at radius 2 is 2.09 bits per heavy atom. The zero-order valence-electron chi connectivity index (χ0n) is 19.7. The molecule has 1 aliphatic heterocycles. The maximum atomic E-state index is 13.4. The molecule has 34 heavy (non-hydrogen) atoms. The van der Waals surface area contributed by atoms with E-state index in [0.717, 1.165) is 59.2 Å². The molecule has 5 aromatic rings. The third-order valence-electron chi connectivity index (χ3n) is 7.49. The van der Waals surface area contributed by atoms with Crippen LogP contribution in [0.4, 0.5) is 0 Å². The smallest absolute Gasteiger partial charge is 0.224 e. The van der Waals surface area contributed by atoms with E-state index in [1.54, 1.807) is 0 Å². The fraction of sp³-hybridized carbons (Fsp3) is 0.370. The Bertz CT molecular complexity index is 1490. The Morgan fingerprint density at radius 1 is 1.21 bits per heavy atom. The van der Waals surface area contributed by atoms with Crippen LogP contribution in [0.25, 0.3) is 33.0 Å². The number of aryl methyl sites for hydroxylation is 2. The van der Waals surface area contributed by atoms with Gasteiger partial charge in [0.05, 0.1) is 22.6 Å². The molecule has 1 aliphatic rings. The Hall–Kier alpha value is -3.61. The van der Waals surface area contributed by atoms with E-state index >= 15 is 0 Å². The molecule has 7 nitrogen and oxygen atoms in total. The minimum atomic E-state index is 0.224. The summed E-state index contributed by atoms with van der Waals surface area (Å²) in [4.78, 5) is 27.9. The van der Waals surface area contributed by atoms with Crippen molar-refractivity contribution >= 4 is 38.9 Å². The predicted octanol–water partition coefficient (Wildman–Crippen LogP) is 4.93. The van der Waals surface area contributed by atoms with Crippen molar-refractivity contribution in [2.75, 3.05) is 13.1 Å². The minimum absolute atomic E-state index is 0.224. The van der Waals surface area contributed by atoms with Gasteiger partial charge >= 0.3 is 0 Å². The summed E-state index contributed by atoms with van der Waals surface area (Å²) in [6, 6.07) is 12.7. The standard InChI is InChI=1S/C27H30N6O/c1-3-24-30-21-6-4-5-7-22(21)32(24)15-11-25(34)31-13-9-18(2)23(17-31)33-14-10-19-16-29-27-20(26(19)33)8-12-28-27/h4-8,10,12,14,16,18,23H,3,9,11,13,15,17H2,1-2H3,(H,28,29)/t18-,23+/m1/s1. The van der Waals surface area contributed by atoms with Crippen LogP contribution in [0.5, 0.6) is 0 Å². The Balaban J connectivity index is 1.24. The molecular weight excluding hydrogens is 424 g/mol. The molecule has 7 heteroatoms. The molecule has 0 bridgehead atoms. The molecule has 1 saturated heterocycles. The van der Waals surface area contributed by atoms with Crippen LogP contribution in [0.15, 0.2) is 55.0 Å². The molecule has 0 radical (unpaired) electrons. The van der Waals surface area contributed by atoms with Crippen molar-refractivity contribution in [3.63, 3.8) is 0 Å². The lowest BCUT2D eigenvalue weighted by Gasteiger charge is -2.38. The number of hydrogen-bond acceptors (Lipinski definition) is 3. The Morgan fingerprint density at radius 3 is 2.97 bits per heavy atom. The SMILES string of the molecule is CCc1nc2ccccc2n1CCC(=O)N1CC[C@@H](C)[C@@H](n2ccc3cnc4[nH]ccc4c32)C1. The van der Waals surface area contributed by atoms with Gasteiger partial charge in [0.2, 0.25) is 5.91 Å². The normalized spacial score (nSPS) is 18.9. The first-order valence-corrected chi connectivity index (χ1v) is 12.3. The average molecular weight is 455 g/mol. The highest BCUT2D eigenvalue weighted by Crippen LogP contribution is 2.34. The lowest BCUT2D eigenvalue weighted by atomic mass is 9.92. The predicted molar refractivity (Wildman–Crippen MR) is 135 cm³/mol. The van der Waals surface area contributed by atoms with E-state index in [1.807, 2.05) is 30.6 Å². The number of imidazole rings is 1. The van der Waals surface area contributed by atoms with Crippen molar-refractivity contribution in [1.82, 2.24) is 29.0 Å². The van der Waals surface area contributed by atoms with Gasteiger partial charge in [0.25, 0.3) is 0 Å². The van der Waals surface area contributed by atoms with E-state index < -0.39 is 0 Å². The number of fused-ring (bicyclic) bond motifs is 4. The van der Waals surface area contributed by atoms with Gasteiger partial charge in [-0.15, -0.1) is 0 Å². The molecule has 1 N–H and O–H groups in total. The molecule has 0 saturated carbocycles. The molecule has 0 unspecified atom stereocenters. The van der Waals surface area contributed by atoms with Gasteiger partial charge in [-0.25, -0.2) is 9.97 Å². The summed E-state index contributed by atoms with van der Waals surface area (Å²) in [5, 5.41) is 2.28. The van der Waals surface area contributed by atoms with E-state index in [2.05, 4.69) is 62.2 Å². The van der Waals surface area contributed by atoms with Gasteiger partial charge in [-0.05, 0) is 36.6 Å². The number of aromatic nitrogens is 5. The third-order valence-corrected chi connectivity index (χ3v) is 7.49. The Labute approximate surface area is 198 Å². The summed E-state index contributed by atoms with van der Waals surface area (Å²) < 4.78 is 4.59. The first-order chi connectivity index (χ1) is 16.6. The number of H-pyrrole nitrogens is 1. The molecular formula is C27H30N6O. The Kier molecular flexibility index (Phi) is 5.12. The largest absolute Gasteiger partial charge is 0.346 e. The molecule has 0 aliphatic carbocycles. The molecule has 5 heterocycles. The third kappa shape index (κ3) is 3.38. The summed E-state index contributed by atoms with van der Waals surface area (Å²) in [7, 11) is 0. The van der Waals surface area contributed by atoms with Crippen LogP contribution in [-0.4, -0.2) is 48.0 Å². The molecule has 4 aromatic heterocycles. The van der Waals surface area contributed by atoms with Crippen molar-refractivity contribution in [2.24, 2.45) is 5.92 Å². The second-order valence-corrected chi connectivity index (χ2v) is 9.47. The molecule has 174 valence electrons. The number of carbonyl (C=O) groups is 1. The quantitative estimate of drug-likeness (QED) is 0.409. The second-order valence-electron chi connectivity index (χ2n) is 9.47. The fourth-order valence-electron chi connectivity index (χ4n) is 5.58. The molecule has 1 amide bonds. The number of para-hydroxylation sites is 2. The molecule has 0 spiro atoms. The maximum Gasteiger partial charge on any atom is 0.224 e. The second kappa shape index (κ2) is 8.31. The molecule has 6 rings (SSSR count). The number of rotatable bonds is 5. The van der Waals surface area contributed by atoms with Crippen molar-refractivity contribution in [3.05, 3.63) is 60.8 Å². The van der Waals surface area contributed by atoms with Crippen molar-refractivity contribution in [2.45, 2.75) is 45.7 Å². The minimum Gasteiger partial charge on any atom is -0.346 e. The number of likely N-dealkylation sites (tertiary alicyclic amines) is 1. The van der Waals surface area contributed by atoms with Crippen molar-refractivity contribution in [3.8, 4) is 0 Å². The topological polar surface area (TPSA) is 71.7 Å². The van der Waals surface area contributed by atoms with E-state index in [1.165, 1.54) is 5.52 Å². The van der Waals surface area contributed by atoms with E-state index in [9.17, 15) is 4.79 Å². The monoisotopic (exact) mass is 454 g/mol. The van der Waals surface area contributed by atoms with Gasteiger partial charge in [-0.2, -0.15) is 0 Å². The molecule has 1 aromatic carbocycles. The van der Waals surface area contributed by atoms with Crippen LogP contribution in [-0.2, 0) is 17.8 Å². The first kappa shape index (κ1) is 21.0. The summed E-state index contributed by atoms with van der Waals surface area (Å²) in [5.74, 6) is 1.76. The number of aromatic amines is 1. The van der Waals surface area contributed by atoms with Crippen LogP contribution in [0, 0.1) is 5.92 Å². The van der Waals surface area contributed by atoms with Crippen LogP contribution >= 0.6 is 0 Å². The van der Waals surface area contributed by atoms with Crippen LogP contribution in [0.1, 0.15) is 38.6 Å². The van der Waals surface area contributed by atoms with E-state index in [4.69, 9.17) is 4.98 Å². The number of pyridine rings is 1. The average Bonchev–Trinajstić information content (AvgIpc) is 3.58. The summed E-state index contributed by atoms with van der Waals surface area (Å²) in [6.45, 7) is 6.65. The highest BCUT2D eigenvalue weighted by atomic mass is 16.2. The van der Waals surface area contributed by atoms with Gasteiger partial charge in [-0.1, -0.05) is 26.0 Å². The number of nitrogens with zero attached hydrogens (tertiary/aromatic N) is 5. The summed E-state index contributed by atoms with van der Waals surface area (Å²) in [6.07, 6.45) is 8.40. The van der Waals surface area contributed by atoms with Crippen LogP contribution in [0.3, 0.4) is 0 Å². The highest BCUT2D eigenvalue weighted by molar-refractivity contribution is 6.02. The van der Waals surface area contributed by atoms with Gasteiger partial charge < -0.3 is 19.0 Å². The number of carbonyl (C=O) groups excluding carboxylic acids is 1. The first-order valence-electron chi connectivity index (χ1n) is 12.3. The van der Waals surface area contributed by atoms with Crippen LogP contribution in [0.2, 0.25) is 0 Å². The number of piperidine rings is 1. The molecule has 2 atom stereocenters.